The molecule has 144 valence electrons. The van der Waals surface area contributed by atoms with Crippen LogP contribution in [-0.2, 0) is 25.6 Å². The lowest BCUT2D eigenvalue weighted by molar-refractivity contribution is 0.695. The first kappa shape index (κ1) is 18.1. The quantitative estimate of drug-likeness (QED) is 0.367. The normalized spacial score (nSPS) is 14.1. The van der Waals surface area contributed by atoms with Crippen LogP contribution in [0.2, 0.25) is 0 Å². The Morgan fingerprint density at radius 2 is 2.04 bits per heavy atom. The molecule has 0 saturated heterocycles. The van der Waals surface area contributed by atoms with Gasteiger partial charge in [0.25, 0.3) is 11.1 Å². The Bertz CT molecular complexity index is 1350. The van der Waals surface area contributed by atoms with Crippen molar-refractivity contribution in [3.05, 3.63) is 54.0 Å². The summed E-state index contributed by atoms with van der Waals surface area (Å²) in [5.41, 5.74) is 2.78. The number of aromatic nitrogens is 4. The lowest BCUT2D eigenvalue weighted by Crippen LogP contribution is -2.20. The number of nitrogens with zero attached hydrogens (tertiary/aromatic N) is 4. The topological polar surface area (TPSA) is 69.3 Å². The van der Waals surface area contributed by atoms with Crippen molar-refractivity contribution in [3.63, 3.8) is 0 Å². The first-order valence-corrected chi connectivity index (χ1v) is 11.8. The number of hydrogen-bond acceptors (Lipinski definition) is 7. The maximum atomic E-state index is 13.0. The molecule has 6 nitrogen and oxygen atoms in total. The number of rotatable bonds is 3. The lowest BCUT2D eigenvalue weighted by atomic mass is 9.97. The molecule has 0 spiro atoms. The van der Waals surface area contributed by atoms with Gasteiger partial charge in [0.15, 0.2) is 10.1 Å². The van der Waals surface area contributed by atoms with Crippen molar-refractivity contribution in [2.75, 3.05) is 0 Å². The highest BCUT2D eigenvalue weighted by molar-refractivity contribution is 7.98. The number of thioether (sulfide) groups is 1. The summed E-state index contributed by atoms with van der Waals surface area (Å²) in [6.45, 7) is 1.90. The zero-order valence-electron chi connectivity index (χ0n) is 15.5. The first-order chi connectivity index (χ1) is 13.5. The number of thiazole rings is 1. The van der Waals surface area contributed by atoms with Crippen molar-refractivity contribution >= 4 is 49.6 Å². The fraction of sp³-hybridized carbons (Fsp3) is 0.368. The van der Waals surface area contributed by atoms with Gasteiger partial charge in [0.2, 0.25) is 0 Å². The molecule has 0 aromatic carbocycles. The highest BCUT2D eigenvalue weighted by atomic mass is 32.2. The summed E-state index contributed by atoms with van der Waals surface area (Å²) in [7, 11) is 1.78. The molecule has 0 N–H and O–H groups in total. The van der Waals surface area contributed by atoms with Crippen molar-refractivity contribution < 1.29 is 0 Å². The Morgan fingerprint density at radius 3 is 2.89 bits per heavy atom. The summed E-state index contributed by atoms with van der Waals surface area (Å²) in [6, 6.07) is 1.57. The smallest absolute Gasteiger partial charge is 0.262 e. The zero-order chi connectivity index (χ0) is 19.4. The molecule has 0 atom stereocenters. The zero-order valence-corrected chi connectivity index (χ0v) is 18.0. The Morgan fingerprint density at radius 1 is 1.21 bits per heavy atom. The van der Waals surface area contributed by atoms with Gasteiger partial charge in [-0.3, -0.25) is 18.6 Å². The van der Waals surface area contributed by atoms with E-state index in [4.69, 9.17) is 4.98 Å². The lowest BCUT2D eigenvalue weighted by Gasteiger charge is -2.10. The molecular weight excluding hydrogens is 412 g/mol. The summed E-state index contributed by atoms with van der Waals surface area (Å²) in [6.07, 6.45) is 4.36. The molecule has 0 amide bonds. The van der Waals surface area contributed by atoms with E-state index >= 15 is 0 Å². The number of fused-ring (bicyclic) bond motifs is 4. The van der Waals surface area contributed by atoms with Crippen LogP contribution in [0.5, 0.6) is 0 Å². The van der Waals surface area contributed by atoms with E-state index in [2.05, 4.69) is 4.98 Å². The number of hydrogen-bond donors (Lipinski definition) is 0. The van der Waals surface area contributed by atoms with Crippen molar-refractivity contribution in [1.82, 2.24) is 18.9 Å². The third-order valence-corrected chi connectivity index (χ3v) is 8.33. The molecule has 0 unspecified atom stereocenters. The monoisotopic (exact) mass is 430 g/mol. The largest absolute Gasteiger partial charge is 0.290 e. The molecule has 1 aliphatic carbocycles. The van der Waals surface area contributed by atoms with Crippen LogP contribution in [0.4, 0.5) is 0 Å². The Hall–Kier alpha value is -1.97. The highest BCUT2D eigenvalue weighted by Gasteiger charge is 2.21. The van der Waals surface area contributed by atoms with E-state index in [1.54, 1.807) is 33.4 Å². The van der Waals surface area contributed by atoms with E-state index in [1.165, 1.54) is 40.0 Å². The van der Waals surface area contributed by atoms with Crippen molar-refractivity contribution in [2.24, 2.45) is 7.05 Å². The molecule has 1 aliphatic rings. The van der Waals surface area contributed by atoms with Gasteiger partial charge in [-0.1, -0.05) is 11.8 Å². The molecule has 0 saturated carbocycles. The van der Waals surface area contributed by atoms with Gasteiger partial charge in [-0.2, -0.15) is 0 Å². The molecule has 9 heteroatoms. The van der Waals surface area contributed by atoms with E-state index in [-0.39, 0.29) is 11.1 Å². The highest BCUT2D eigenvalue weighted by Crippen LogP contribution is 2.34. The molecule has 4 aromatic heterocycles. The van der Waals surface area contributed by atoms with Crippen LogP contribution in [0.15, 0.2) is 26.2 Å². The molecule has 4 heterocycles. The fourth-order valence-corrected chi connectivity index (χ4v) is 6.77. The van der Waals surface area contributed by atoms with Gasteiger partial charge in [0, 0.05) is 34.8 Å². The molecule has 5 rings (SSSR count). The van der Waals surface area contributed by atoms with Gasteiger partial charge in [0.05, 0.1) is 11.1 Å². The van der Waals surface area contributed by atoms with Gasteiger partial charge >= 0.3 is 0 Å². The molecule has 4 aromatic rings. The maximum absolute atomic E-state index is 13.0. The predicted octanol–water partition coefficient (Wildman–Crippen LogP) is 3.54. The Kier molecular flexibility index (Phi) is 4.41. The molecular formula is C19H18N4O2S3. The first-order valence-electron chi connectivity index (χ1n) is 9.14. The molecule has 28 heavy (non-hydrogen) atoms. The number of aryl methyl sites for hydroxylation is 3. The van der Waals surface area contributed by atoms with Crippen molar-refractivity contribution in [3.8, 4) is 0 Å². The third kappa shape index (κ3) is 2.84. The second-order valence-electron chi connectivity index (χ2n) is 7.02. The van der Waals surface area contributed by atoms with Crippen molar-refractivity contribution in [1.29, 1.82) is 0 Å². The standard InChI is InChI=1S/C19H18N4O2S3/c1-10-8-26-19-20-11(7-14(24)23(10)19)9-27-18-21-16-15(17(25)22(18)2)12-5-3-4-6-13(12)28-16/h7-8H,3-6,9H2,1-2H3. The van der Waals surface area contributed by atoms with Gasteiger partial charge in [-0.15, -0.1) is 22.7 Å². The molecule has 0 fully saturated rings. The number of thiophene rings is 1. The van der Waals surface area contributed by atoms with Gasteiger partial charge < -0.3 is 0 Å². The van der Waals surface area contributed by atoms with Crippen LogP contribution in [0.1, 0.15) is 34.7 Å². The van der Waals surface area contributed by atoms with Crippen LogP contribution >= 0.6 is 34.4 Å². The van der Waals surface area contributed by atoms with E-state index in [9.17, 15) is 9.59 Å². The molecule has 0 radical (unpaired) electrons. The fourth-order valence-electron chi connectivity index (χ4n) is 3.71. The van der Waals surface area contributed by atoms with E-state index < -0.39 is 0 Å². The summed E-state index contributed by atoms with van der Waals surface area (Å²) < 4.78 is 3.25. The van der Waals surface area contributed by atoms with Gasteiger partial charge in [-0.05, 0) is 38.2 Å². The SMILES string of the molecule is Cc1csc2nc(CSc3nc4sc5c(c4c(=O)n3C)CCCC5)cc(=O)n12. The summed E-state index contributed by atoms with van der Waals surface area (Å²) >= 11 is 4.57. The average molecular weight is 431 g/mol. The Labute approximate surface area is 172 Å². The summed E-state index contributed by atoms with van der Waals surface area (Å²) in [5.74, 6) is 0.500. The Balaban J connectivity index is 1.51. The minimum atomic E-state index is -0.0671. The summed E-state index contributed by atoms with van der Waals surface area (Å²) in [4.78, 5) is 37.6. The average Bonchev–Trinajstić information content (AvgIpc) is 3.24. The minimum absolute atomic E-state index is 0.0317. The van der Waals surface area contributed by atoms with E-state index in [1.807, 2.05) is 12.3 Å². The van der Waals surface area contributed by atoms with Crippen LogP contribution in [0.25, 0.3) is 15.2 Å². The van der Waals surface area contributed by atoms with Gasteiger partial charge in [-0.25, -0.2) is 9.97 Å². The van der Waals surface area contributed by atoms with Crippen LogP contribution in [-0.4, -0.2) is 18.9 Å². The van der Waals surface area contributed by atoms with Crippen molar-refractivity contribution in [2.45, 2.75) is 43.5 Å². The maximum Gasteiger partial charge on any atom is 0.262 e. The predicted molar refractivity (Wildman–Crippen MR) is 115 cm³/mol. The van der Waals surface area contributed by atoms with E-state index in [0.29, 0.717) is 21.6 Å². The van der Waals surface area contributed by atoms with Gasteiger partial charge in [0.1, 0.15) is 4.83 Å². The second kappa shape index (κ2) is 6.82. The van der Waals surface area contributed by atoms with Crippen LogP contribution in [0.3, 0.4) is 0 Å². The summed E-state index contributed by atoms with van der Waals surface area (Å²) in [5, 5.41) is 3.40. The molecule has 0 aliphatic heterocycles. The molecule has 0 bridgehead atoms. The van der Waals surface area contributed by atoms with Crippen LogP contribution in [0, 0.1) is 6.92 Å². The second-order valence-corrected chi connectivity index (χ2v) is 9.88. The third-order valence-electron chi connectivity index (χ3n) is 5.13. The van der Waals surface area contributed by atoms with Crippen LogP contribution < -0.4 is 11.1 Å². The minimum Gasteiger partial charge on any atom is -0.290 e. The van der Waals surface area contributed by atoms with E-state index in [0.717, 1.165) is 35.2 Å².